The van der Waals surface area contributed by atoms with Crippen molar-refractivity contribution in [3.63, 3.8) is 0 Å². The minimum absolute atomic E-state index is 0.0575. The quantitative estimate of drug-likeness (QED) is 0.772. The summed E-state index contributed by atoms with van der Waals surface area (Å²) in [7, 11) is 0. The van der Waals surface area contributed by atoms with E-state index >= 15 is 0 Å². The Morgan fingerprint density at radius 2 is 2.25 bits per heavy atom. The maximum Gasteiger partial charge on any atom is 0.243 e. The van der Waals surface area contributed by atoms with Crippen molar-refractivity contribution in [1.82, 2.24) is 0 Å². The number of rotatable bonds is 1. The van der Waals surface area contributed by atoms with Crippen LogP contribution in [-0.2, 0) is 4.79 Å². The van der Waals surface area contributed by atoms with Gasteiger partial charge < -0.3 is 15.4 Å². The molecule has 1 amide bonds. The summed E-state index contributed by atoms with van der Waals surface area (Å²) in [6.45, 7) is 3.01. The summed E-state index contributed by atoms with van der Waals surface area (Å²) in [4.78, 5) is 13.7. The highest BCUT2D eigenvalue weighted by Gasteiger charge is 2.23. The van der Waals surface area contributed by atoms with Crippen LogP contribution in [0.15, 0.2) is 24.3 Å². The highest BCUT2D eigenvalue weighted by atomic mass is 16.5. The van der Waals surface area contributed by atoms with Crippen molar-refractivity contribution in [3.8, 4) is 5.75 Å². The predicted octanol–water partition coefficient (Wildman–Crippen LogP) is 1.15. The average Bonchev–Trinajstić information content (AvgIpc) is 2.50. The van der Waals surface area contributed by atoms with Crippen LogP contribution < -0.4 is 15.4 Å². The number of anilines is 1. The Labute approximate surface area is 95.0 Å². The van der Waals surface area contributed by atoms with Crippen molar-refractivity contribution in [3.05, 3.63) is 24.3 Å². The predicted molar refractivity (Wildman–Crippen MR) is 62.6 cm³/mol. The van der Waals surface area contributed by atoms with Crippen molar-refractivity contribution in [2.24, 2.45) is 5.73 Å². The molecular weight excluding hydrogens is 204 g/mol. The van der Waals surface area contributed by atoms with Gasteiger partial charge in [0.05, 0.1) is 18.3 Å². The van der Waals surface area contributed by atoms with Gasteiger partial charge in [0.15, 0.2) is 0 Å². The molecule has 0 aromatic heterocycles. The minimum atomic E-state index is -0.480. The summed E-state index contributed by atoms with van der Waals surface area (Å²) in [5, 5.41) is 0. The first-order valence-corrected chi connectivity index (χ1v) is 5.49. The van der Waals surface area contributed by atoms with Crippen LogP contribution >= 0.6 is 0 Å². The number of hydrogen-bond donors (Lipinski definition) is 1. The number of ether oxygens (including phenoxy) is 1. The topological polar surface area (TPSA) is 55.6 Å². The van der Waals surface area contributed by atoms with Crippen molar-refractivity contribution in [1.29, 1.82) is 0 Å². The maximum atomic E-state index is 12.0. The molecule has 4 heteroatoms. The van der Waals surface area contributed by atoms with E-state index in [1.54, 1.807) is 11.8 Å². The third kappa shape index (κ3) is 2.02. The summed E-state index contributed by atoms with van der Waals surface area (Å²) < 4.78 is 5.57. The SMILES string of the molecule is C[C@H](N)C(=O)N1CCCOc2ccccc21. The number of hydrogen-bond acceptors (Lipinski definition) is 3. The molecule has 2 rings (SSSR count). The molecule has 0 aliphatic carbocycles. The second-order valence-electron chi connectivity index (χ2n) is 3.95. The lowest BCUT2D eigenvalue weighted by molar-refractivity contribution is -0.119. The fourth-order valence-electron chi connectivity index (χ4n) is 1.80. The van der Waals surface area contributed by atoms with Crippen LogP contribution in [0, 0.1) is 0 Å². The summed E-state index contributed by atoms with van der Waals surface area (Å²) in [5.74, 6) is 0.701. The first-order valence-electron chi connectivity index (χ1n) is 5.49. The van der Waals surface area contributed by atoms with Gasteiger partial charge in [-0.25, -0.2) is 0 Å². The van der Waals surface area contributed by atoms with Gasteiger partial charge in [0.25, 0.3) is 0 Å². The molecule has 86 valence electrons. The highest BCUT2D eigenvalue weighted by molar-refractivity contribution is 5.98. The van der Waals surface area contributed by atoms with E-state index < -0.39 is 6.04 Å². The van der Waals surface area contributed by atoms with Gasteiger partial charge in [-0.2, -0.15) is 0 Å². The first-order chi connectivity index (χ1) is 7.70. The van der Waals surface area contributed by atoms with E-state index in [0.717, 1.165) is 17.9 Å². The fraction of sp³-hybridized carbons (Fsp3) is 0.417. The van der Waals surface area contributed by atoms with Crippen molar-refractivity contribution < 1.29 is 9.53 Å². The summed E-state index contributed by atoms with van der Waals surface area (Å²) in [6, 6.07) is 7.09. The van der Waals surface area contributed by atoms with E-state index in [2.05, 4.69) is 0 Å². The van der Waals surface area contributed by atoms with Crippen molar-refractivity contribution in [2.75, 3.05) is 18.1 Å². The number of benzene rings is 1. The largest absolute Gasteiger partial charge is 0.491 e. The number of amides is 1. The van der Waals surface area contributed by atoms with Gasteiger partial charge in [-0.15, -0.1) is 0 Å². The Morgan fingerprint density at radius 3 is 3.00 bits per heavy atom. The number of fused-ring (bicyclic) bond motifs is 1. The number of carbonyl (C=O) groups is 1. The third-order valence-electron chi connectivity index (χ3n) is 2.60. The molecule has 1 aliphatic rings. The number of carbonyl (C=O) groups excluding carboxylic acids is 1. The molecule has 0 bridgehead atoms. The molecule has 2 N–H and O–H groups in total. The van der Waals surface area contributed by atoms with Crippen LogP contribution in [0.5, 0.6) is 5.75 Å². The zero-order chi connectivity index (χ0) is 11.5. The van der Waals surface area contributed by atoms with E-state index in [0.29, 0.717) is 13.2 Å². The van der Waals surface area contributed by atoms with Gasteiger partial charge in [-0.3, -0.25) is 4.79 Å². The molecule has 0 saturated carbocycles. The van der Waals surface area contributed by atoms with Crippen molar-refractivity contribution in [2.45, 2.75) is 19.4 Å². The average molecular weight is 220 g/mol. The van der Waals surface area contributed by atoms with E-state index in [9.17, 15) is 4.79 Å². The lowest BCUT2D eigenvalue weighted by Gasteiger charge is -2.23. The van der Waals surface area contributed by atoms with Crippen LogP contribution in [0.3, 0.4) is 0 Å². The molecule has 1 heterocycles. The molecule has 1 atom stereocenters. The van der Waals surface area contributed by atoms with E-state index in [4.69, 9.17) is 10.5 Å². The van der Waals surface area contributed by atoms with Crippen LogP contribution in [0.2, 0.25) is 0 Å². The highest BCUT2D eigenvalue weighted by Crippen LogP contribution is 2.30. The molecule has 0 radical (unpaired) electrons. The van der Waals surface area contributed by atoms with Gasteiger partial charge in [0, 0.05) is 6.54 Å². The van der Waals surface area contributed by atoms with E-state index in [1.165, 1.54) is 0 Å². The number of nitrogens with zero attached hydrogens (tertiary/aromatic N) is 1. The van der Waals surface area contributed by atoms with E-state index in [1.807, 2.05) is 24.3 Å². The second-order valence-corrected chi connectivity index (χ2v) is 3.95. The van der Waals surface area contributed by atoms with Crippen LogP contribution in [0.4, 0.5) is 5.69 Å². The Kier molecular flexibility index (Phi) is 3.10. The monoisotopic (exact) mass is 220 g/mol. The maximum absolute atomic E-state index is 12.0. The number of para-hydroxylation sites is 2. The minimum Gasteiger partial charge on any atom is -0.491 e. The molecule has 0 spiro atoms. The zero-order valence-corrected chi connectivity index (χ0v) is 9.35. The van der Waals surface area contributed by atoms with Crippen molar-refractivity contribution >= 4 is 11.6 Å². The lowest BCUT2D eigenvalue weighted by Crippen LogP contribution is -2.42. The van der Waals surface area contributed by atoms with Gasteiger partial charge in [0.2, 0.25) is 5.91 Å². The second kappa shape index (κ2) is 4.53. The van der Waals surface area contributed by atoms with Crippen LogP contribution in [-0.4, -0.2) is 25.1 Å². The molecule has 0 fully saturated rings. The molecule has 4 nitrogen and oxygen atoms in total. The zero-order valence-electron chi connectivity index (χ0n) is 9.35. The van der Waals surface area contributed by atoms with Gasteiger partial charge >= 0.3 is 0 Å². The summed E-state index contributed by atoms with van der Waals surface area (Å²) in [6.07, 6.45) is 0.827. The Hall–Kier alpha value is -1.55. The molecular formula is C12H16N2O2. The lowest BCUT2D eigenvalue weighted by atomic mass is 10.2. The van der Waals surface area contributed by atoms with E-state index in [-0.39, 0.29) is 5.91 Å². The number of nitrogens with two attached hydrogens (primary N) is 1. The Bertz CT molecular complexity index is 390. The van der Waals surface area contributed by atoms with Gasteiger partial charge in [0.1, 0.15) is 5.75 Å². The first kappa shape index (κ1) is 11.0. The van der Waals surface area contributed by atoms with Crippen LogP contribution in [0.25, 0.3) is 0 Å². The molecule has 0 unspecified atom stereocenters. The summed E-state index contributed by atoms with van der Waals surface area (Å²) >= 11 is 0. The molecule has 1 aromatic rings. The third-order valence-corrected chi connectivity index (χ3v) is 2.60. The normalized spacial score (nSPS) is 17.0. The van der Waals surface area contributed by atoms with Crippen LogP contribution in [0.1, 0.15) is 13.3 Å². The Balaban J connectivity index is 2.36. The summed E-state index contributed by atoms with van der Waals surface area (Å²) in [5.41, 5.74) is 6.46. The Morgan fingerprint density at radius 1 is 1.50 bits per heavy atom. The fourth-order valence-corrected chi connectivity index (χ4v) is 1.80. The standard InChI is InChI=1S/C12H16N2O2/c1-9(13)12(15)14-7-4-8-16-11-6-3-2-5-10(11)14/h2-3,5-6,9H,4,7-8,13H2,1H3/t9-/m0/s1. The molecule has 0 saturated heterocycles. The molecule has 16 heavy (non-hydrogen) atoms. The molecule has 1 aliphatic heterocycles. The molecule has 1 aromatic carbocycles. The van der Waals surface area contributed by atoms with Gasteiger partial charge in [-0.1, -0.05) is 12.1 Å². The smallest absolute Gasteiger partial charge is 0.243 e. The van der Waals surface area contributed by atoms with Gasteiger partial charge in [-0.05, 0) is 25.5 Å².